The number of anilines is 1. The lowest BCUT2D eigenvalue weighted by Gasteiger charge is -2.27. The maximum atomic E-state index is 12.9. The molecule has 1 N–H and O–H groups in total. The lowest BCUT2D eigenvalue weighted by molar-refractivity contribution is -0.116. The summed E-state index contributed by atoms with van der Waals surface area (Å²) in [7, 11) is 3.30. The molecule has 1 aromatic carbocycles. The van der Waals surface area contributed by atoms with Crippen molar-refractivity contribution in [2.45, 2.75) is 17.5 Å². The molecule has 3 rings (SSSR count). The second kappa shape index (κ2) is 8.88. The average molecular weight is 411 g/mol. The van der Waals surface area contributed by atoms with Gasteiger partial charge in [-0.15, -0.1) is 13.0 Å². The van der Waals surface area contributed by atoms with Crippen LogP contribution in [-0.2, 0) is 11.8 Å². The maximum absolute atomic E-state index is 12.9. The minimum atomic E-state index is -0.445. The van der Waals surface area contributed by atoms with E-state index < -0.39 is 5.92 Å². The molecule has 0 saturated heterocycles. The molecule has 1 atom stereocenters. The van der Waals surface area contributed by atoms with Gasteiger partial charge in [-0.05, 0) is 17.7 Å². The van der Waals surface area contributed by atoms with Crippen molar-refractivity contribution in [3.8, 4) is 23.8 Å². The number of carbonyl (C=O) groups excluding carboxylic acids is 1. The van der Waals surface area contributed by atoms with Crippen molar-refractivity contribution in [1.82, 2.24) is 9.55 Å². The lowest BCUT2D eigenvalue weighted by Crippen LogP contribution is -2.33. The quantitative estimate of drug-likeness (QED) is 0.326. The number of rotatable bonds is 7. The number of benzene rings is 1. The van der Waals surface area contributed by atoms with Crippen molar-refractivity contribution in [2.24, 2.45) is 7.05 Å². The van der Waals surface area contributed by atoms with Gasteiger partial charge < -0.3 is 19.4 Å². The molecule has 1 aromatic heterocycles. The highest BCUT2D eigenvalue weighted by atomic mass is 32.2. The van der Waals surface area contributed by atoms with Gasteiger partial charge in [-0.3, -0.25) is 9.59 Å². The first-order valence-corrected chi connectivity index (χ1v) is 9.87. The molecule has 1 aliphatic heterocycles. The third-order valence-electron chi connectivity index (χ3n) is 4.53. The van der Waals surface area contributed by atoms with E-state index in [1.807, 2.05) is 0 Å². The normalized spacial score (nSPS) is 15.1. The standard InChI is InChI=1S/C21H21N3O4S/c1-5-9-28-15-8-7-13(11-16(15)27-4)14-12-17(25)22-19-18(14)20(26)23-21(24(19)3)29-10-6-2/h1,6-8,11,14H,2,9-10,12H2,3-4H3,(H,22,25). The maximum Gasteiger partial charge on any atom is 0.279 e. The first-order chi connectivity index (χ1) is 14.0. The van der Waals surface area contributed by atoms with Crippen LogP contribution in [0.4, 0.5) is 5.82 Å². The number of hydrogen-bond acceptors (Lipinski definition) is 6. The van der Waals surface area contributed by atoms with Gasteiger partial charge in [0, 0.05) is 25.1 Å². The van der Waals surface area contributed by atoms with Crippen LogP contribution in [-0.4, -0.2) is 34.9 Å². The number of amides is 1. The van der Waals surface area contributed by atoms with Crippen molar-refractivity contribution >= 4 is 23.5 Å². The second-order valence-electron chi connectivity index (χ2n) is 6.33. The summed E-state index contributed by atoms with van der Waals surface area (Å²) in [5.41, 5.74) is 0.854. The van der Waals surface area contributed by atoms with Gasteiger partial charge in [0.1, 0.15) is 12.4 Å². The Balaban J connectivity index is 2.08. The van der Waals surface area contributed by atoms with Crippen LogP contribution in [0, 0.1) is 12.3 Å². The second-order valence-corrected chi connectivity index (χ2v) is 7.32. The highest BCUT2D eigenvalue weighted by molar-refractivity contribution is 7.99. The largest absolute Gasteiger partial charge is 0.493 e. The fraction of sp³-hybridized carbons (Fsp3) is 0.286. The van der Waals surface area contributed by atoms with Crippen LogP contribution in [0.1, 0.15) is 23.5 Å². The van der Waals surface area contributed by atoms with Crippen LogP contribution in [0.15, 0.2) is 40.8 Å². The highest BCUT2D eigenvalue weighted by Gasteiger charge is 2.32. The predicted molar refractivity (Wildman–Crippen MR) is 113 cm³/mol. The summed E-state index contributed by atoms with van der Waals surface area (Å²) >= 11 is 1.38. The van der Waals surface area contributed by atoms with Gasteiger partial charge >= 0.3 is 0 Å². The van der Waals surface area contributed by atoms with E-state index in [2.05, 4.69) is 22.8 Å². The zero-order valence-corrected chi connectivity index (χ0v) is 17.0. The summed E-state index contributed by atoms with van der Waals surface area (Å²) < 4.78 is 12.6. The fourth-order valence-electron chi connectivity index (χ4n) is 3.22. The van der Waals surface area contributed by atoms with Crippen molar-refractivity contribution in [3.63, 3.8) is 0 Å². The molecule has 1 amide bonds. The topological polar surface area (TPSA) is 82.5 Å². The molecule has 7 nitrogen and oxygen atoms in total. The van der Waals surface area contributed by atoms with Crippen molar-refractivity contribution < 1.29 is 14.3 Å². The van der Waals surface area contributed by atoms with E-state index in [9.17, 15) is 9.59 Å². The summed E-state index contributed by atoms with van der Waals surface area (Å²) in [5, 5.41) is 3.34. The molecule has 2 heterocycles. The Bertz CT molecular complexity index is 1060. The van der Waals surface area contributed by atoms with Gasteiger partial charge in [-0.2, -0.15) is 4.98 Å². The molecule has 2 aromatic rings. The highest BCUT2D eigenvalue weighted by Crippen LogP contribution is 2.39. The lowest BCUT2D eigenvalue weighted by atomic mass is 9.86. The third kappa shape index (κ3) is 4.15. The SMILES string of the molecule is C#CCOc1ccc(C2CC(=O)Nc3c2c(=O)nc(SCC=C)n3C)cc1OC. The zero-order valence-electron chi connectivity index (χ0n) is 16.2. The molecule has 0 spiro atoms. The first kappa shape index (κ1) is 20.6. The van der Waals surface area contributed by atoms with Crippen LogP contribution < -0.4 is 20.3 Å². The summed E-state index contributed by atoms with van der Waals surface area (Å²) in [6, 6.07) is 5.30. The molecule has 0 radical (unpaired) electrons. The third-order valence-corrected chi connectivity index (χ3v) is 5.56. The molecule has 29 heavy (non-hydrogen) atoms. The number of methoxy groups -OCH3 is 1. The molecular weight excluding hydrogens is 390 g/mol. The van der Waals surface area contributed by atoms with Crippen LogP contribution in [0.25, 0.3) is 0 Å². The van der Waals surface area contributed by atoms with Gasteiger partial charge in [0.05, 0.1) is 12.7 Å². The van der Waals surface area contributed by atoms with E-state index >= 15 is 0 Å². The molecule has 0 fully saturated rings. The molecule has 1 aliphatic rings. The monoisotopic (exact) mass is 411 g/mol. The number of nitrogens with zero attached hydrogens (tertiary/aromatic N) is 2. The molecule has 150 valence electrons. The van der Waals surface area contributed by atoms with Gasteiger partial charge in [-0.25, -0.2) is 0 Å². The van der Waals surface area contributed by atoms with Gasteiger partial charge in [0.15, 0.2) is 16.7 Å². The molecule has 1 unspecified atom stereocenters. The van der Waals surface area contributed by atoms with Gasteiger partial charge in [0.2, 0.25) is 5.91 Å². The molecule has 0 aliphatic carbocycles. The van der Waals surface area contributed by atoms with Crippen LogP contribution in [0.5, 0.6) is 11.5 Å². The van der Waals surface area contributed by atoms with E-state index in [-0.39, 0.29) is 24.5 Å². The molecule has 0 saturated carbocycles. The summed E-state index contributed by atoms with van der Waals surface area (Å²) in [5.74, 6) is 3.83. The summed E-state index contributed by atoms with van der Waals surface area (Å²) in [6.07, 6.45) is 7.11. The number of nitrogens with one attached hydrogen (secondary N) is 1. The first-order valence-electron chi connectivity index (χ1n) is 8.88. The number of fused-ring (bicyclic) bond motifs is 1. The van der Waals surface area contributed by atoms with Gasteiger partial charge in [0.25, 0.3) is 5.56 Å². The Labute approximate surface area is 173 Å². The average Bonchev–Trinajstić information content (AvgIpc) is 2.72. The minimum Gasteiger partial charge on any atom is -0.493 e. The van der Waals surface area contributed by atoms with Crippen LogP contribution in [0.2, 0.25) is 0 Å². The van der Waals surface area contributed by atoms with Gasteiger partial charge in [-0.1, -0.05) is 29.8 Å². The fourth-order valence-corrected chi connectivity index (χ4v) is 3.92. The number of hydrogen-bond donors (Lipinski definition) is 1. The van der Waals surface area contributed by atoms with Crippen LogP contribution >= 0.6 is 11.8 Å². The van der Waals surface area contributed by atoms with E-state index in [1.54, 1.807) is 35.9 Å². The Morgan fingerprint density at radius 3 is 2.93 bits per heavy atom. The molecule has 0 bridgehead atoms. The number of aromatic nitrogens is 2. The smallest absolute Gasteiger partial charge is 0.279 e. The van der Waals surface area contributed by atoms with E-state index in [4.69, 9.17) is 15.9 Å². The number of terminal acetylenes is 1. The van der Waals surface area contributed by atoms with Crippen molar-refractivity contribution in [3.05, 3.63) is 52.3 Å². The zero-order chi connectivity index (χ0) is 21.0. The van der Waals surface area contributed by atoms with E-state index in [1.165, 1.54) is 18.9 Å². The minimum absolute atomic E-state index is 0.111. The van der Waals surface area contributed by atoms with E-state index in [0.29, 0.717) is 33.8 Å². The molecule has 8 heteroatoms. The van der Waals surface area contributed by atoms with Crippen molar-refractivity contribution in [1.29, 1.82) is 0 Å². The Morgan fingerprint density at radius 1 is 1.45 bits per heavy atom. The predicted octanol–water partition coefficient (Wildman–Crippen LogP) is 2.55. The van der Waals surface area contributed by atoms with E-state index in [0.717, 1.165) is 5.56 Å². The number of ether oxygens (including phenoxy) is 2. The van der Waals surface area contributed by atoms with Crippen LogP contribution in [0.3, 0.4) is 0 Å². The Kier molecular flexibility index (Phi) is 6.29. The summed E-state index contributed by atoms with van der Waals surface area (Å²) in [6.45, 7) is 3.79. The Hall–Kier alpha value is -3.18. The number of thioether (sulfide) groups is 1. The molecular formula is C21H21N3O4S. The van der Waals surface area contributed by atoms with Crippen molar-refractivity contribution in [2.75, 3.05) is 24.8 Å². The number of carbonyl (C=O) groups is 1. The summed E-state index contributed by atoms with van der Waals surface area (Å²) in [4.78, 5) is 29.5. The Morgan fingerprint density at radius 2 is 2.24 bits per heavy atom.